The molecule has 2 aromatic carbocycles. The van der Waals surface area contributed by atoms with Gasteiger partial charge < -0.3 is 15.3 Å². The van der Waals surface area contributed by atoms with Gasteiger partial charge in [-0.1, -0.05) is 36.4 Å². The molecule has 0 aliphatic carbocycles. The van der Waals surface area contributed by atoms with Crippen LogP contribution in [0, 0.1) is 0 Å². The molecule has 0 aliphatic heterocycles. The third-order valence-corrected chi connectivity index (χ3v) is 3.95. The van der Waals surface area contributed by atoms with Gasteiger partial charge in [-0.3, -0.25) is 0 Å². The second kappa shape index (κ2) is 7.59. The van der Waals surface area contributed by atoms with Gasteiger partial charge in [0, 0.05) is 19.1 Å². The first-order valence-electron chi connectivity index (χ1n) is 6.96. The van der Waals surface area contributed by atoms with Crippen molar-refractivity contribution in [1.29, 1.82) is 0 Å². The predicted molar refractivity (Wildman–Crippen MR) is 90.4 cm³/mol. The SMILES string of the molecule is CN(C)CC(NCc1ccc(O)c(Br)c1)c1ccccc1. The second-order valence-corrected chi connectivity index (χ2v) is 6.25. The fourth-order valence-electron chi connectivity index (χ4n) is 2.24. The molecule has 0 fully saturated rings. The molecule has 0 amide bonds. The Balaban J connectivity index is 2.07. The van der Waals surface area contributed by atoms with E-state index in [9.17, 15) is 5.11 Å². The van der Waals surface area contributed by atoms with Crippen molar-refractivity contribution in [3.63, 3.8) is 0 Å². The first-order chi connectivity index (χ1) is 10.1. The Morgan fingerprint density at radius 1 is 1.14 bits per heavy atom. The highest BCUT2D eigenvalue weighted by Crippen LogP contribution is 2.24. The van der Waals surface area contributed by atoms with E-state index in [0.717, 1.165) is 23.1 Å². The van der Waals surface area contributed by atoms with E-state index in [4.69, 9.17) is 0 Å². The van der Waals surface area contributed by atoms with Crippen LogP contribution in [0.3, 0.4) is 0 Å². The zero-order chi connectivity index (χ0) is 15.2. The lowest BCUT2D eigenvalue weighted by molar-refractivity contribution is 0.340. The monoisotopic (exact) mass is 348 g/mol. The molecule has 1 unspecified atom stereocenters. The summed E-state index contributed by atoms with van der Waals surface area (Å²) in [4.78, 5) is 2.18. The van der Waals surface area contributed by atoms with E-state index in [1.165, 1.54) is 5.56 Å². The van der Waals surface area contributed by atoms with Crippen molar-refractivity contribution >= 4 is 15.9 Å². The number of hydrogen-bond acceptors (Lipinski definition) is 3. The third-order valence-electron chi connectivity index (χ3n) is 3.31. The van der Waals surface area contributed by atoms with Crippen LogP contribution in [-0.2, 0) is 6.54 Å². The molecular formula is C17H21BrN2O. The molecule has 4 heteroatoms. The first-order valence-corrected chi connectivity index (χ1v) is 7.76. The molecule has 1 atom stereocenters. The van der Waals surface area contributed by atoms with Crippen LogP contribution >= 0.6 is 15.9 Å². The van der Waals surface area contributed by atoms with Gasteiger partial charge in [0.15, 0.2) is 0 Å². The minimum atomic E-state index is 0.270. The molecule has 0 spiro atoms. The maximum absolute atomic E-state index is 9.54. The molecule has 0 saturated heterocycles. The van der Waals surface area contributed by atoms with Crippen molar-refractivity contribution in [2.75, 3.05) is 20.6 Å². The molecule has 0 aromatic heterocycles. The highest BCUT2D eigenvalue weighted by atomic mass is 79.9. The summed E-state index contributed by atoms with van der Waals surface area (Å²) in [7, 11) is 4.16. The normalized spacial score (nSPS) is 12.6. The molecule has 0 heterocycles. The number of rotatable bonds is 6. The lowest BCUT2D eigenvalue weighted by atomic mass is 10.1. The summed E-state index contributed by atoms with van der Waals surface area (Å²) < 4.78 is 0.727. The van der Waals surface area contributed by atoms with Gasteiger partial charge >= 0.3 is 0 Å². The summed E-state index contributed by atoms with van der Waals surface area (Å²) in [5, 5.41) is 13.1. The fraction of sp³-hybridized carbons (Fsp3) is 0.294. The lowest BCUT2D eigenvalue weighted by Crippen LogP contribution is -2.30. The van der Waals surface area contributed by atoms with Gasteiger partial charge in [0.1, 0.15) is 5.75 Å². The summed E-state index contributed by atoms with van der Waals surface area (Å²) in [5.41, 5.74) is 2.42. The van der Waals surface area contributed by atoms with E-state index in [1.54, 1.807) is 6.07 Å². The van der Waals surface area contributed by atoms with Crippen molar-refractivity contribution in [1.82, 2.24) is 10.2 Å². The summed E-state index contributed by atoms with van der Waals surface area (Å²) in [5.74, 6) is 0.270. The van der Waals surface area contributed by atoms with Crippen LogP contribution in [0.4, 0.5) is 0 Å². The van der Waals surface area contributed by atoms with Crippen molar-refractivity contribution in [3.05, 3.63) is 64.1 Å². The quantitative estimate of drug-likeness (QED) is 0.837. The highest BCUT2D eigenvalue weighted by Gasteiger charge is 2.12. The van der Waals surface area contributed by atoms with E-state index < -0.39 is 0 Å². The molecule has 0 saturated carbocycles. The van der Waals surface area contributed by atoms with E-state index in [2.05, 4.69) is 64.5 Å². The number of aromatic hydroxyl groups is 1. The predicted octanol–water partition coefficient (Wildman–Crippen LogP) is 3.55. The van der Waals surface area contributed by atoms with Crippen molar-refractivity contribution < 1.29 is 5.11 Å². The average Bonchev–Trinajstić information content (AvgIpc) is 2.47. The number of hydrogen-bond donors (Lipinski definition) is 2. The zero-order valence-electron chi connectivity index (χ0n) is 12.4. The fourth-order valence-corrected chi connectivity index (χ4v) is 2.67. The van der Waals surface area contributed by atoms with Gasteiger partial charge in [-0.15, -0.1) is 0 Å². The minimum absolute atomic E-state index is 0.270. The smallest absolute Gasteiger partial charge is 0.129 e. The Morgan fingerprint density at radius 2 is 1.86 bits per heavy atom. The van der Waals surface area contributed by atoms with Gasteiger partial charge in [-0.05, 0) is 53.3 Å². The van der Waals surface area contributed by atoms with Crippen LogP contribution in [0.15, 0.2) is 53.0 Å². The van der Waals surface area contributed by atoms with Crippen LogP contribution in [0.1, 0.15) is 17.2 Å². The zero-order valence-corrected chi connectivity index (χ0v) is 14.0. The molecule has 0 radical (unpaired) electrons. The third kappa shape index (κ3) is 4.84. The van der Waals surface area contributed by atoms with E-state index in [-0.39, 0.29) is 11.8 Å². The summed E-state index contributed by atoms with van der Waals surface area (Å²) in [6.45, 7) is 1.69. The Kier molecular flexibility index (Phi) is 5.79. The Labute approximate surface area is 134 Å². The van der Waals surface area contributed by atoms with Gasteiger partial charge in [-0.2, -0.15) is 0 Å². The molecule has 2 rings (SSSR count). The van der Waals surface area contributed by atoms with Gasteiger partial charge in [-0.25, -0.2) is 0 Å². The maximum Gasteiger partial charge on any atom is 0.129 e. The molecule has 3 nitrogen and oxygen atoms in total. The van der Waals surface area contributed by atoms with Crippen LogP contribution in [0.25, 0.3) is 0 Å². The van der Waals surface area contributed by atoms with Gasteiger partial charge in [0.05, 0.1) is 4.47 Å². The first kappa shape index (κ1) is 16.0. The van der Waals surface area contributed by atoms with Gasteiger partial charge in [0.25, 0.3) is 0 Å². The molecule has 0 bridgehead atoms. The van der Waals surface area contributed by atoms with Crippen LogP contribution < -0.4 is 5.32 Å². The van der Waals surface area contributed by atoms with Gasteiger partial charge in [0.2, 0.25) is 0 Å². The number of benzene rings is 2. The summed E-state index contributed by atoms with van der Waals surface area (Å²) >= 11 is 3.35. The van der Waals surface area contributed by atoms with Crippen LogP contribution in [0.2, 0.25) is 0 Å². The number of phenolic OH excluding ortho intramolecular Hbond substituents is 1. The molecule has 21 heavy (non-hydrogen) atoms. The Bertz CT molecular complexity index is 572. The number of halogens is 1. The summed E-state index contributed by atoms with van der Waals surface area (Å²) in [6.07, 6.45) is 0. The molecule has 112 valence electrons. The number of likely N-dealkylation sites (N-methyl/N-ethyl adjacent to an activating group) is 1. The molecule has 2 aromatic rings. The van der Waals surface area contributed by atoms with E-state index >= 15 is 0 Å². The maximum atomic E-state index is 9.54. The molecule has 0 aliphatic rings. The number of nitrogens with zero attached hydrogens (tertiary/aromatic N) is 1. The van der Waals surface area contributed by atoms with Crippen LogP contribution in [-0.4, -0.2) is 30.6 Å². The van der Waals surface area contributed by atoms with E-state index in [1.807, 2.05) is 18.2 Å². The molecule has 2 N–H and O–H groups in total. The topological polar surface area (TPSA) is 35.5 Å². The standard InChI is InChI=1S/C17H21BrN2O/c1-20(2)12-16(14-6-4-3-5-7-14)19-11-13-8-9-17(21)15(18)10-13/h3-10,16,19,21H,11-12H2,1-2H3. The number of phenols is 1. The van der Waals surface area contributed by atoms with Crippen molar-refractivity contribution in [2.24, 2.45) is 0 Å². The summed E-state index contributed by atoms with van der Waals surface area (Å²) in [6, 6.07) is 16.3. The Morgan fingerprint density at radius 3 is 2.48 bits per heavy atom. The van der Waals surface area contributed by atoms with Crippen LogP contribution in [0.5, 0.6) is 5.75 Å². The lowest BCUT2D eigenvalue weighted by Gasteiger charge is -2.23. The Hall–Kier alpha value is -1.36. The van der Waals surface area contributed by atoms with E-state index in [0.29, 0.717) is 0 Å². The number of nitrogens with one attached hydrogen (secondary N) is 1. The minimum Gasteiger partial charge on any atom is -0.507 e. The van der Waals surface area contributed by atoms with Crippen molar-refractivity contribution in [2.45, 2.75) is 12.6 Å². The average molecular weight is 349 g/mol. The molecular weight excluding hydrogens is 328 g/mol. The largest absolute Gasteiger partial charge is 0.507 e. The second-order valence-electron chi connectivity index (χ2n) is 5.39. The van der Waals surface area contributed by atoms with Crippen molar-refractivity contribution in [3.8, 4) is 5.75 Å². The highest BCUT2D eigenvalue weighted by molar-refractivity contribution is 9.10.